The first-order chi connectivity index (χ1) is 10.3. The molecule has 2 saturated carbocycles. The normalized spacial score (nSPS) is 24.2. The molecule has 2 aliphatic carbocycles. The van der Waals surface area contributed by atoms with Crippen molar-refractivity contribution in [2.75, 3.05) is 6.54 Å². The molecule has 0 heterocycles. The fraction of sp³-hybridized carbons (Fsp3) is 0.588. The lowest BCUT2D eigenvalue weighted by atomic mass is 9.87. The monoisotopic (exact) mass is 288 g/mol. The van der Waals surface area contributed by atoms with Crippen molar-refractivity contribution in [3.8, 4) is 0 Å². The van der Waals surface area contributed by atoms with Crippen LogP contribution >= 0.6 is 0 Å². The molecule has 0 aromatic heterocycles. The molecule has 0 aliphatic heterocycles. The summed E-state index contributed by atoms with van der Waals surface area (Å²) >= 11 is 0. The van der Waals surface area contributed by atoms with Crippen molar-refractivity contribution in [3.63, 3.8) is 0 Å². The molecule has 1 amide bonds. The molecule has 2 aliphatic rings. The Morgan fingerprint density at radius 3 is 2.62 bits per heavy atom. The van der Waals surface area contributed by atoms with Gasteiger partial charge in [0.05, 0.1) is 0 Å². The number of carbonyl (C=O) groups excluding carboxylic acids is 1. The highest BCUT2D eigenvalue weighted by molar-refractivity contribution is 5.67. The average Bonchev–Trinajstić information content (AvgIpc) is 3.27. The highest BCUT2D eigenvalue weighted by Gasteiger charge is 2.30. The highest BCUT2D eigenvalue weighted by Crippen LogP contribution is 2.32. The van der Waals surface area contributed by atoms with Crippen molar-refractivity contribution in [2.24, 2.45) is 5.92 Å². The predicted molar refractivity (Wildman–Crippen MR) is 81.9 cm³/mol. The van der Waals surface area contributed by atoms with Gasteiger partial charge in [-0.2, -0.15) is 0 Å². The summed E-state index contributed by atoms with van der Waals surface area (Å²) in [6, 6.07) is 10.6. The molecule has 0 saturated heterocycles. The van der Waals surface area contributed by atoms with Crippen LogP contribution < -0.4 is 10.6 Å². The van der Waals surface area contributed by atoms with Gasteiger partial charge in [0.2, 0.25) is 0 Å². The van der Waals surface area contributed by atoms with Crippen LogP contribution in [0.15, 0.2) is 30.3 Å². The van der Waals surface area contributed by atoms with E-state index in [9.17, 15) is 4.79 Å². The molecular weight excluding hydrogens is 264 g/mol. The van der Waals surface area contributed by atoms with Crippen LogP contribution in [0, 0.1) is 5.92 Å². The molecule has 2 N–H and O–H groups in total. The summed E-state index contributed by atoms with van der Waals surface area (Å²) in [6.07, 6.45) is 5.89. The summed E-state index contributed by atoms with van der Waals surface area (Å²) in [5.41, 5.74) is 1.01. The third-order valence-electron chi connectivity index (χ3n) is 4.36. The number of alkyl carbamates (subject to hydrolysis) is 1. The minimum atomic E-state index is -0.305. The van der Waals surface area contributed by atoms with E-state index in [0.717, 1.165) is 30.9 Å². The van der Waals surface area contributed by atoms with Gasteiger partial charge in [-0.1, -0.05) is 43.2 Å². The van der Waals surface area contributed by atoms with E-state index in [0.29, 0.717) is 12.6 Å². The molecule has 1 aromatic carbocycles. The molecule has 0 spiro atoms. The molecule has 4 heteroatoms. The van der Waals surface area contributed by atoms with Crippen LogP contribution in [0.3, 0.4) is 0 Å². The standard InChI is InChI=1S/C17H24N2O2/c20-17(21-12-14-4-2-1-3-5-14)19-16-10-15(11-16)18-9-8-13-6-7-13/h1-5,13,15-16,18H,6-12H2,(H,19,20). The number of benzene rings is 1. The Morgan fingerprint density at radius 2 is 1.90 bits per heavy atom. The van der Waals surface area contributed by atoms with Crippen molar-refractivity contribution in [1.29, 1.82) is 0 Å². The second-order valence-electron chi connectivity index (χ2n) is 6.26. The van der Waals surface area contributed by atoms with Crippen LogP contribution in [-0.4, -0.2) is 24.7 Å². The second-order valence-corrected chi connectivity index (χ2v) is 6.26. The molecule has 4 nitrogen and oxygen atoms in total. The molecular formula is C17H24N2O2. The van der Waals surface area contributed by atoms with Crippen LogP contribution in [0.4, 0.5) is 4.79 Å². The molecule has 21 heavy (non-hydrogen) atoms. The number of hydrogen-bond donors (Lipinski definition) is 2. The van der Waals surface area contributed by atoms with Gasteiger partial charge in [0.15, 0.2) is 0 Å². The van der Waals surface area contributed by atoms with Gasteiger partial charge in [0.25, 0.3) is 0 Å². The smallest absolute Gasteiger partial charge is 0.407 e. The number of carbonyl (C=O) groups is 1. The topological polar surface area (TPSA) is 50.4 Å². The molecule has 0 unspecified atom stereocenters. The predicted octanol–water partition coefficient (Wildman–Crippen LogP) is 2.83. The Kier molecular flexibility index (Phi) is 4.76. The third-order valence-corrected chi connectivity index (χ3v) is 4.36. The van der Waals surface area contributed by atoms with Gasteiger partial charge in [-0.25, -0.2) is 4.79 Å². The fourth-order valence-electron chi connectivity index (χ4n) is 2.73. The number of rotatable bonds is 7. The zero-order valence-electron chi connectivity index (χ0n) is 12.4. The van der Waals surface area contributed by atoms with E-state index in [-0.39, 0.29) is 12.1 Å². The summed E-state index contributed by atoms with van der Waals surface area (Å²) in [6.45, 7) is 1.46. The lowest BCUT2D eigenvalue weighted by molar-refractivity contribution is 0.125. The maximum absolute atomic E-state index is 11.7. The van der Waals surface area contributed by atoms with E-state index in [1.54, 1.807) is 0 Å². The fourth-order valence-corrected chi connectivity index (χ4v) is 2.73. The quantitative estimate of drug-likeness (QED) is 0.811. The van der Waals surface area contributed by atoms with Crippen LogP contribution in [0.25, 0.3) is 0 Å². The second kappa shape index (κ2) is 6.94. The Balaban J connectivity index is 1.24. The third kappa shape index (κ3) is 4.74. The van der Waals surface area contributed by atoms with E-state index in [4.69, 9.17) is 4.74 Å². The maximum Gasteiger partial charge on any atom is 0.407 e. The van der Waals surface area contributed by atoms with Crippen molar-refractivity contribution >= 4 is 6.09 Å². The number of ether oxygens (including phenoxy) is 1. The Hall–Kier alpha value is -1.55. The van der Waals surface area contributed by atoms with Crippen molar-refractivity contribution in [2.45, 2.75) is 50.8 Å². The number of amides is 1. The molecule has 1 aromatic rings. The Morgan fingerprint density at radius 1 is 1.14 bits per heavy atom. The minimum Gasteiger partial charge on any atom is -0.445 e. The first-order valence-corrected chi connectivity index (χ1v) is 8.00. The van der Waals surface area contributed by atoms with Crippen molar-refractivity contribution in [1.82, 2.24) is 10.6 Å². The molecule has 2 fully saturated rings. The van der Waals surface area contributed by atoms with E-state index < -0.39 is 0 Å². The molecule has 0 radical (unpaired) electrons. The lowest BCUT2D eigenvalue weighted by Crippen LogP contribution is -2.52. The summed E-state index contributed by atoms with van der Waals surface area (Å²) < 4.78 is 5.22. The number of nitrogens with one attached hydrogen (secondary N) is 2. The Labute approximate surface area is 126 Å². The van der Waals surface area contributed by atoms with Crippen LogP contribution in [0.5, 0.6) is 0 Å². The van der Waals surface area contributed by atoms with E-state index in [2.05, 4.69) is 10.6 Å². The van der Waals surface area contributed by atoms with E-state index in [1.807, 2.05) is 30.3 Å². The van der Waals surface area contributed by atoms with Gasteiger partial charge in [0.1, 0.15) is 6.61 Å². The molecule has 0 bridgehead atoms. The molecule has 114 valence electrons. The summed E-state index contributed by atoms with van der Waals surface area (Å²) in [5, 5.41) is 6.49. The SMILES string of the molecule is O=C(NC1CC(NCCC2CC2)C1)OCc1ccccc1. The van der Waals surface area contributed by atoms with Gasteiger partial charge in [-0.15, -0.1) is 0 Å². The lowest BCUT2D eigenvalue weighted by Gasteiger charge is -2.36. The number of hydrogen-bond acceptors (Lipinski definition) is 3. The first-order valence-electron chi connectivity index (χ1n) is 8.00. The average molecular weight is 288 g/mol. The highest BCUT2D eigenvalue weighted by atomic mass is 16.5. The van der Waals surface area contributed by atoms with E-state index in [1.165, 1.54) is 19.3 Å². The molecule has 0 atom stereocenters. The van der Waals surface area contributed by atoms with Gasteiger partial charge >= 0.3 is 6.09 Å². The van der Waals surface area contributed by atoms with Crippen LogP contribution in [-0.2, 0) is 11.3 Å². The van der Waals surface area contributed by atoms with Crippen molar-refractivity contribution < 1.29 is 9.53 Å². The van der Waals surface area contributed by atoms with E-state index >= 15 is 0 Å². The van der Waals surface area contributed by atoms with Gasteiger partial charge in [-0.3, -0.25) is 0 Å². The Bertz CT molecular complexity index is 453. The van der Waals surface area contributed by atoms with Gasteiger partial charge in [-0.05, 0) is 37.3 Å². The maximum atomic E-state index is 11.7. The van der Waals surface area contributed by atoms with Gasteiger partial charge in [0, 0.05) is 12.1 Å². The first kappa shape index (κ1) is 14.4. The minimum absolute atomic E-state index is 0.270. The largest absolute Gasteiger partial charge is 0.445 e. The van der Waals surface area contributed by atoms with Crippen molar-refractivity contribution in [3.05, 3.63) is 35.9 Å². The van der Waals surface area contributed by atoms with Crippen LogP contribution in [0.2, 0.25) is 0 Å². The molecule has 3 rings (SSSR count). The zero-order valence-corrected chi connectivity index (χ0v) is 12.4. The summed E-state index contributed by atoms with van der Waals surface area (Å²) in [5.74, 6) is 0.986. The summed E-state index contributed by atoms with van der Waals surface area (Å²) in [4.78, 5) is 11.7. The zero-order chi connectivity index (χ0) is 14.5. The van der Waals surface area contributed by atoms with Gasteiger partial charge < -0.3 is 15.4 Å². The summed E-state index contributed by atoms with van der Waals surface area (Å²) in [7, 11) is 0. The van der Waals surface area contributed by atoms with Crippen LogP contribution in [0.1, 0.15) is 37.7 Å².